The van der Waals surface area contributed by atoms with Crippen molar-refractivity contribution < 1.29 is 0 Å². The second-order valence-electron chi connectivity index (χ2n) is 7.72. The van der Waals surface area contributed by atoms with Crippen molar-refractivity contribution in [2.45, 2.75) is 45.1 Å². The van der Waals surface area contributed by atoms with Crippen molar-refractivity contribution in [3.05, 3.63) is 35.0 Å². The maximum atomic E-state index is 3.82. The third kappa shape index (κ3) is 1.63. The minimum absolute atomic E-state index is 0.748. The summed E-state index contributed by atoms with van der Waals surface area (Å²) in [5, 5.41) is 1.49. The van der Waals surface area contributed by atoms with Crippen LogP contribution in [0.3, 0.4) is 0 Å². The van der Waals surface area contributed by atoms with E-state index in [1.165, 1.54) is 48.8 Å². The van der Waals surface area contributed by atoms with E-state index >= 15 is 0 Å². The van der Waals surface area contributed by atoms with E-state index in [0.717, 1.165) is 23.8 Å². The Hall–Kier alpha value is -1.28. The number of aromatic amines is 1. The van der Waals surface area contributed by atoms with Gasteiger partial charge in [-0.15, -0.1) is 0 Å². The van der Waals surface area contributed by atoms with Crippen molar-refractivity contribution in [2.75, 3.05) is 13.1 Å². The fourth-order valence-corrected chi connectivity index (χ4v) is 5.63. The predicted octanol–water partition coefficient (Wildman–Crippen LogP) is 3.85. The minimum Gasteiger partial charge on any atom is -0.358 e. The Morgan fingerprint density at radius 3 is 3.00 bits per heavy atom. The first-order chi connectivity index (χ1) is 10.2. The van der Waals surface area contributed by atoms with Crippen molar-refractivity contribution in [3.8, 4) is 0 Å². The van der Waals surface area contributed by atoms with E-state index in [-0.39, 0.29) is 0 Å². The summed E-state index contributed by atoms with van der Waals surface area (Å²) >= 11 is 0. The highest BCUT2D eigenvalue weighted by Crippen LogP contribution is 2.50. The van der Waals surface area contributed by atoms with Crippen molar-refractivity contribution in [3.63, 3.8) is 0 Å². The summed E-state index contributed by atoms with van der Waals surface area (Å²) in [4.78, 5) is 6.63. The normalized spacial score (nSPS) is 37.5. The summed E-state index contributed by atoms with van der Waals surface area (Å²) < 4.78 is 0. The van der Waals surface area contributed by atoms with Crippen molar-refractivity contribution in [2.24, 2.45) is 11.8 Å². The highest BCUT2D eigenvalue weighted by atomic mass is 15.2. The molecular formula is C19H24N2. The fourth-order valence-electron chi connectivity index (χ4n) is 5.63. The molecule has 4 aliphatic rings. The molecule has 0 spiro atoms. The lowest BCUT2D eigenvalue weighted by molar-refractivity contribution is -0.00516. The monoisotopic (exact) mass is 280 g/mol. The van der Waals surface area contributed by atoms with Gasteiger partial charge in [-0.25, -0.2) is 0 Å². The van der Waals surface area contributed by atoms with Crippen LogP contribution in [0.25, 0.3) is 10.9 Å². The van der Waals surface area contributed by atoms with Crippen LogP contribution in [0, 0.1) is 18.8 Å². The zero-order valence-electron chi connectivity index (χ0n) is 13.0. The molecule has 4 bridgehead atoms. The van der Waals surface area contributed by atoms with Gasteiger partial charge < -0.3 is 4.98 Å². The lowest BCUT2D eigenvalue weighted by Crippen LogP contribution is -2.55. The van der Waals surface area contributed by atoms with Crippen molar-refractivity contribution in [1.82, 2.24) is 9.88 Å². The number of aromatic nitrogens is 1. The molecule has 5 atom stereocenters. The topological polar surface area (TPSA) is 19.0 Å². The van der Waals surface area contributed by atoms with E-state index in [1.54, 1.807) is 11.3 Å². The third-order valence-corrected chi connectivity index (χ3v) is 6.32. The molecule has 2 heteroatoms. The number of aryl methyl sites for hydroxylation is 1. The van der Waals surface area contributed by atoms with Gasteiger partial charge in [0.1, 0.15) is 0 Å². The zero-order chi connectivity index (χ0) is 14.1. The molecule has 2 saturated heterocycles. The third-order valence-electron chi connectivity index (χ3n) is 6.32. The van der Waals surface area contributed by atoms with Crippen LogP contribution in [-0.4, -0.2) is 29.0 Å². The lowest BCUT2D eigenvalue weighted by atomic mass is 9.67. The van der Waals surface area contributed by atoms with Crippen LogP contribution in [0.2, 0.25) is 0 Å². The number of H-pyrrole nitrogens is 1. The lowest BCUT2D eigenvalue weighted by Gasteiger charge is -2.52. The molecule has 3 aliphatic heterocycles. The molecule has 21 heavy (non-hydrogen) atoms. The molecule has 1 aromatic carbocycles. The largest absolute Gasteiger partial charge is 0.358 e. The molecule has 2 nitrogen and oxygen atoms in total. The van der Waals surface area contributed by atoms with E-state index in [0.29, 0.717) is 0 Å². The maximum Gasteiger partial charge on any atom is 0.0459 e. The first-order valence-corrected chi connectivity index (χ1v) is 8.56. The number of piperidine rings is 2. The average molecular weight is 280 g/mol. The smallest absolute Gasteiger partial charge is 0.0459 e. The summed E-state index contributed by atoms with van der Waals surface area (Å²) in [6.07, 6.45) is 4.09. The molecule has 1 saturated carbocycles. The van der Waals surface area contributed by atoms with Gasteiger partial charge in [0.25, 0.3) is 0 Å². The summed E-state index contributed by atoms with van der Waals surface area (Å²) in [7, 11) is 0. The minimum atomic E-state index is 0.748. The summed E-state index contributed by atoms with van der Waals surface area (Å²) in [6.45, 7) is 7.30. The molecule has 3 fully saturated rings. The van der Waals surface area contributed by atoms with Gasteiger partial charge >= 0.3 is 0 Å². The fraction of sp³-hybridized carbons (Fsp3) is 0.579. The van der Waals surface area contributed by atoms with E-state index in [9.17, 15) is 0 Å². The highest BCUT2D eigenvalue weighted by molar-refractivity contribution is 5.85. The molecule has 2 aromatic rings. The van der Waals surface area contributed by atoms with Gasteiger partial charge in [0.05, 0.1) is 0 Å². The quantitative estimate of drug-likeness (QED) is 0.776. The molecule has 1 N–H and O–H groups in total. The predicted molar refractivity (Wildman–Crippen MR) is 86.7 cm³/mol. The molecule has 0 amide bonds. The molecule has 2 unspecified atom stereocenters. The molecule has 4 heterocycles. The number of fused-ring (bicyclic) bond motifs is 4. The number of benzene rings is 1. The summed E-state index contributed by atoms with van der Waals surface area (Å²) in [5.74, 6) is 2.54. The van der Waals surface area contributed by atoms with Gasteiger partial charge in [-0.1, -0.05) is 18.6 Å². The van der Waals surface area contributed by atoms with Crippen LogP contribution in [0.1, 0.15) is 42.5 Å². The van der Waals surface area contributed by atoms with Crippen LogP contribution in [0.5, 0.6) is 0 Å². The Labute approximate surface area is 126 Å². The molecule has 0 radical (unpaired) electrons. The second kappa shape index (κ2) is 4.13. The molecule has 6 rings (SSSR count). The SMILES string of the molecule is Cc1ccc2[nH]c3c(c2c1)CCN1C[C@H]2C[C@H](C)C1[C@H]3C2. The Balaban J connectivity index is 1.72. The summed E-state index contributed by atoms with van der Waals surface area (Å²) in [5.41, 5.74) is 5.94. The van der Waals surface area contributed by atoms with Crippen LogP contribution in [0.4, 0.5) is 0 Å². The van der Waals surface area contributed by atoms with Crippen LogP contribution >= 0.6 is 0 Å². The standard InChI is InChI=1S/C19H24N2/c1-11-3-4-17-15(7-11)14-5-6-21-10-13-8-12(2)19(21)16(9-13)18(14)20-17/h3-4,7,12-13,16,19-20H,5-6,8-10H2,1-2H3/t12-,13-,16-,19?/m0/s1. The number of hydrogen-bond acceptors (Lipinski definition) is 1. The van der Waals surface area contributed by atoms with Crippen molar-refractivity contribution >= 4 is 10.9 Å². The molecular weight excluding hydrogens is 256 g/mol. The molecule has 110 valence electrons. The number of nitrogens with one attached hydrogen (secondary N) is 1. The van der Waals surface area contributed by atoms with E-state index < -0.39 is 0 Å². The number of hydrogen-bond donors (Lipinski definition) is 1. The van der Waals surface area contributed by atoms with Gasteiger partial charge in [0.2, 0.25) is 0 Å². The van der Waals surface area contributed by atoms with Gasteiger partial charge in [-0.05, 0) is 55.7 Å². The second-order valence-corrected chi connectivity index (χ2v) is 7.72. The Morgan fingerprint density at radius 1 is 1.24 bits per heavy atom. The zero-order valence-corrected chi connectivity index (χ0v) is 13.0. The Bertz CT molecular complexity index is 714. The van der Waals surface area contributed by atoms with E-state index in [4.69, 9.17) is 0 Å². The van der Waals surface area contributed by atoms with Gasteiger partial charge in [-0.3, -0.25) is 4.90 Å². The first-order valence-electron chi connectivity index (χ1n) is 8.56. The van der Waals surface area contributed by atoms with Crippen LogP contribution < -0.4 is 0 Å². The van der Waals surface area contributed by atoms with Gasteiger partial charge in [0.15, 0.2) is 0 Å². The number of rotatable bonds is 0. The average Bonchev–Trinajstić information content (AvgIpc) is 2.77. The van der Waals surface area contributed by atoms with Gasteiger partial charge in [0, 0.05) is 41.6 Å². The Kier molecular flexibility index (Phi) is 2.42. The van der Waals surface area contributed by atoms with Crippen LogP contribution in [0.15, 0.2) is 18.2 Å². The van der Waals surface area contributed by atoms with E-state index in [1.807, 2.05) is 0 Å². The Morgan fingerprint density at radius 2 is 2.14 bits per heavy atom. The first kappa shape index (κ1) is 12.3. The molecule has 1 aromatic heterocycles. The summed E-state index contributed by atoms with van der Waals surface area (Å²) in [6, 6.07) is 7.68. The van der Waals surface area contributed by atoms with Crippen LogP contribution in [-0.2, 0) is 6.42 Å². The van der Waals surface area contributed by atoms with E-state index in [2.05, 4.69) is 41.9 Å². The maximum absolute atomic E-state index is 3.82. The number of nitrogens with zero attached hydrogens (tertiary/aromatic N) is 1. The van der Waals surface area contributed by atoms with Crippen molar-refractivity contribution in [1.29, 1.82) is 0 Å². The highest BCUT2D eigenvalue weighted by Gasteiger charge is 2.47. The van der Waals surface area contributed by atoms with Gasteiger partial charge in [-0.2, -0.15) is 0 Å². The molecule has 1 aliphatic carbocycles.